The minimum atomic E-state index is -3.44. The molecular formula is C24H26N5O4S+. The largest absolute Gasteiger partial charge is 0.354 e. The lowest BCUT2D eigenvalue weighted by Gasteiger charge is -2.13. The molecule has 0 saturated heterocycles. The standard InChI is InChI=1S/C24H25N5O4S/c1-28-22-7-3-2-6-20(22)24(21-13-12-19(29(30)31)16-23(21)28)26-17-8-10-18(11-9-17)27-34(32,33)15-5-4-14-25/h2-3,6-13,16,27H,4-5,14-15,25H2,1H3/p+1. The van der Waals surface area contributed by atoms with Gasteiger partial charge in [-0.15, -0.1) is 0 Å². The van der Waals surface area contributed by atoms with E-state index in [2.05, 4.69) is 10.0 Å². The average Bonchev–Trinajstić information content (AvgIpc) is 2.82. The number of anilines is 3. The number of aryl methyl sites for hydroxylation is 1. The van der Waals surface area contributed by atoms with E-state index in [1.165, 1.54) is 6.07 Å². The second kappa shape index (κ2) is 9.62. The van der Waals surface area contributed by atoms with Gasteiger partial charge in [0.15, 0.2) is 0 Å². The molecule has 4 rings (SSSR count). The van der Waals surface area contributed by atoms with Crippen LogP contribution in [0.4, 0.5) is 22.7 Å². The molecule has 0 amide bonds. The molecule has 10 heteroatoms. The van der Waals surface area contributed by atoms with Crippen molar-refractivity contribution in [3.63, 3.8) is 0 Å². The summed E-state index contributed by atoms with van der Waals surface area (Å²) in [5.41, 5.74) is 9.14. The van der Waals surface area contributed by atoms with Gasteiger partial charge in [-0.3, -0.25) is 14.8 Å². The summed E-state index contributed by atoms with van der Waals surface area (Å²) in [6, 6.07) is 19.6. The lowest BCUT2D eigenvalue weighted by atomic mass is 10.1. The molecule has 1 heterocycles. The van der Waals surface area contributed by atoms with Gasteiger partial charge < -0.3 is 11.1 Å². The number of unbranched alkanes of at least 4 members (excludes halogenated alkanes) is 1. The molecule has 0 atom stereocenters. The Balaban J connectivity index is 1.69. The molecule has 0 aliphatic rings. The SMILES string of the molecule is C[n+]1c2ccccc2c(Nc2ccc(NS(=O)(=O)CCCCN)cc2)c2ccc([N+](=O)[O-])cc21. The summed E-state index contributed by atoms with van der Waals surface area (Å²) in [4.78, 5) is 10.9. The zero-order valence-corrected chi connectivity index (χ0v) is 19.5. The molecule has 0 bridgehead atoms. The molecule has 0 aliphatic carbocycles. The van der Waals surface area contributed by atoms with Crippen molar-refractivity contribution in [1.29, 1.82) is 0 Å². The third kappa shape index (κ3) is 4.92. The van der Waals surface area contributed by atoms with Crippen LogP contribution in [0.2, 0.25) is 0 Å². The number of nitro benzene ring substituents is 1. The number of nitrogens with one attached hydrogen (secondary N) is 2. The van der Waals surface area contributed by atoms with E-state index in [1.54, 1.807) is 36.4 Å². The van der Waals surface area contributed by atoms with Crippen LogP contribution in [0, 0.1) is 10.1 Å². The van der Waals surface area contributed by atoms with Gasteiger partial charge in [0, 0.05) is 23.5 Å². The minimum Gasteiger partial charge on any atom is -0.354 e. The number of rotatable bonds is 9. The fraction of sp³-hybridized carbons (Fsp3) is 0.208. The molecular weight excluding hydrogens is 454 g/mol. The number of pyridine rings is 1. The van der Waals surface area contributed by atoms with Gasteiger partial charge in [0.2, 0.25) is 21.1 Å². The Morgan fingerprint density at radius 1 is 0.941 bits per heavy atom. The van der Waals surface area contributed by atoms with Crippen molar-refractivity contribution in [2.45, 2.75) is 12.8 Å². The highest BCUT2D eigenvalue weighted by molar-refractivity contribution is 7.92. The van der Waals surface area contributed by atoms with Crippen LogP contribution < -0.4 is 20.3 Å². The number of benzene rings is 3. The third-order valence-corrected chi connectivity index (χ3v) is 7.03. The summed E-state index contributed by atoms with van der Waals surface area (Å²) in [7, 11) is -1.55. The maximum atomic E-state index is 12.2. The maximum Gasteiger partial charge on any atom is 0.276 e. The van der Waals surface area contributed by atoms with E-state index in [0.717, 1.165) is 33.2 Å². The summed E-state index contributed by atoms with van der Waals surface area (Å²) in [5.74, 6) is 0.0232. The fourth-order valence-electron chi connectivity index (χ4n) is 3.94. The Kier molecular flexibility index (Phi) is 6.62. The highest BCUT2D eigenvalue weighted by Gasteiger charge is 2.21. The van der Waals surface area contributed by atoms with Gasteiger partial charge in [-0.05, 0) is 55.8 Å². The second-order valence-corrected chi connectivity index (χ2v) is 9.87. The minimum absolute atomic E-state index is 0.0208. The zero-order chi connectivity index (χ0) is 24.3. The molecule has 34 heavy (non-hydrogen) atoms. The first kappa shape index (κ1) is 23.4. The van der Waals surface area contributed by atoms with Crippen LogP contribution in [-0.2, 0) is 17.1 Å². The highest BCUT2D eigenvalue weighted by atomic mass is 32.2. The van der Waals surface area contributed by atoms with Gasteiger partial charge in [-0.2, -0.15) is 4.57 Å². The topological polar surface area (TPSA) is 131 Å². The lowest BCUT2D eigenvalue weighted by Crippen LogP contribution is -2.30. The van der Waals surface area contributed by atoms with Crippen molar-refractivity contribution in [3.05, 3.63) is 76.8 Å². The summed E-state index contributed by atoms with van der Waals surface area (Å²) >= 11 is 0. The fourth-order valence-corrected chi connectivity index (χ4v) is 5.12. The number of para-hydroxylation sites is 1. The van der Waals surface area contributed by atoms with E-state index in [4.69, 9.17) is 5.73 Å². The Labute approximate surface area is 197 Å². The Hall–Kier alpha value is -3.76. The molecule has 0 spiro atoms. The second-order valence-electron chi connectivity index (χ2n) is 8.03. The van der Waals surface area contributed by atoms with E-state index in [9.17, 15) is 18.5 Å². The zero-order valence-electron chi connectivity index (χ0n) is 18.7. The van der Waals surface area contributed by atoms with Crippen LogP contribution in [0.5, 0.6) is 0 Å². The number of hydrogen-bond donors (Lipinski definition) is 3. The number of nitrogens with zero attached hydrogens (tertiary/aromatic N) is 2. The highest BCUT2D eigenvalue weighted by Crippen LogP contribution is 2.34. The number of nitro groups is 1. The van der Waals surface area contributed by atoms with Crippen molar-refractivity contribution >= 4 is 54.6 Å². The van der Waals surface area contributed by atoms with Crippen LogP contribution in [0.15, 0.2) is 66.7 Å². The molecule has 0 fully saturated rings. The first-order valence-electron chi connectivity index (χ1n) is 10.9. The molecule has 4 aromatic rings. The Bertz CT molecular complexity index is 1470. The van der Waals surface area contributed by atoms with E-state index in [1.807, 2.05) is 35.9 Å². The van der Waals surface area contributed by atoms with Crippen molar-refractivity contribution in [3.8, 4) is 0 Å². The van der Waals surface area contributed by atoms with Gasteiger partial charge in [-0.25, -0.2) is 8.42 Å². The third-order valence-electron chi connectivity index (χ3n) is 5.65. The molecule has 3 aromatic carbocycles. The van der Waals surface area contributed by atoms with Gasteiger partial charge >= 0.3 is 0 Å². The number of hydrogen-bond acceptors (Lipinski definition) is 6. The molecule has 4 N–H and O–H groups in total. The normalized spacial score (nSPS) is 11.6. The first-order chi connectivity index (χ1) is 16.3. The molecule has 0 saturated carbocycles. The van der Waals surface area contributed by atoms with Crippen LogP contribution in [0.1, 0.15) is 12.8 Å². The number of fused-ring (bicyclic) bond motifs is 2. The molecule has 1 aromatic heterocycles. The predicted octanol–water partition coefficient (Wildman–Crippen LogP) is 3.95. The number of aromatic nitrogens is 1. The molecule has 0 radical (unpaired) electrons. The molecule has 0 aliphatic heterocycles. The number of sulfonamides is 1. The van der Waals surface area contributed by atoms with Gasteiger partial charge in [0.05, 0.1) is 33.2 Å². The van der Waals surface area contributed by atoms with Crippen molar-refractivity contribution in [1.82, 2.24) is 0 Å². The Morgan fingerprint density at radius 2 is 1.62 bits per heavy atom. The summed E-state index contributed by atoms with van der Waals surface area (Å²) in [6.07, 6.45) is 1.17. The van der Waals surface area contributed by atoms with Crippen molar-refractivity contribution in [2.24, 2.45) is 12.8 Å². The van der Waals surface area contributed by atoms with Gasteiger partial charge in [-0.1, -0.05) is 12.1 Å². The average molecular weight is 481 g/mol. The lowest BCUT2D eigenvalue weighted by molar-refractivity contribution is -0.617. The van der Waals surface area contributed by atoms with Crippen molar-refractivity contribution in [2.75, 3.05) is 22.3 Å². The van der Waals surface area contributed by atoms with E-state index >= 15 is 0 Å². The molecule has 0 unspecified atom stereocenters. The van der Waals surface area contributed by atoms with Gasteiger partial charge in [0.25, 0.3) is 5.69 Å². The van der Waals surface area contributed by atoms with Crippen LogP contribution in [0.3, 0.4) is 0 Å². The predicted molar refractivity (Wildman–Crippen MR) is 135 cm³/mol. The van der Waals surface area contributed by atoms with E-state index < -0.39 is 14.9 Å². The first-order valence-corrected chi connectivity index (χ1v) is 12.5. The summed E-state index contributed by atoms with van der Waals surface area (Å²) in [6.45, 7) is 0.462. The number of non-ortho nitro benzene ring substituents is 1. The van der Waals surface area contributed by atoms with E-state index in [-0.39, 0.29) is 11.4 Å². The van der Waals surface area contributed by atoms with Gasteiger partial charge in [0.1, 0.15) is 7.05 Å². The van der Waals surface area contributed by atoms with Crippen LogP contribution in [0.25, 0.3) is 21.8 Å². The summed E-state index contributed by atoms with van der Waals surface area (Å²) < 4.78 is 29.0. The van der Waals surface area contributed by atoms with Crippen LogP contribution in [-0.4, -0.2) is 25.6 Å². The smallest absolute Gasteiger partial charge is 0.276 e. The summed E-state index contributed by atoms with van der Waals surface area (Å²) in [5, 5.41) is 16.5. The van der Waals surface area contributed by atoms with E-state index in [0.29, 0.717) is 25.1 Å². The molecule has 9 nitrogen and oxygen atoms in total. The molecule has 176 valence electrons. The quantitative estimate of drug-likeness (QED) is 0.109. The number of nitrogens with two attached hydrogens (primary N) is 1. The monoisotopic (exact) mass is 480 g/mol. The van der Waals surface area contributed by atoms with Crippen molar-refractivity contribution < 1.29 is 17.9 Å². The Morgan fingerprint density at radius 3 is 2.32 bits per heavy atom. The van der Waals surface area contributed by atoms with Crippen LogP contribution >= 0.6 is 0 Å². The maximum absolute atomic E-state index is 12.2.